The Kier molecular flexibility index (Phi) is 0.777. The summed E-state index contributed by atoms with van der Waals surface area (Å²) in [5, 5.41) is 0. The summed E-state index contributed by atoms with van der Waals surface area (Å²) in [6.07, 6.45) is 0. The molecule has 0 radical (unpaired) electrons. The van der Waals surface area contributed by atoms with E-state index in [1.165, 1.54) is 5.56 Å². The van der Waals surface area contributed by atoms with Crippen molar-refractivity contribution in [2.24, 2.45) is 0 Å². The fraction of sp³-hybridized carbons (Fsp3) is 0.250. The van der Waals surface area contributed by atoms with Gasteiger partial charge in [-0.25, -0.2) is 0 Å². The Bertz CT molecular complexity index is 152. The molecular weight excluding hydrogens is 112 g/mol. The Morgan fingerprint density at radius 1 is 1.67 bits per heavy atom. The highest BCUT2D eigenvalue weighted by Crippen LogP contribution is 2.25. The molecule has 1 rings (SSSR count). The lowest BCUT2D eigenvalue weighted by Crippen LogP contribution is -1.30. The van der Waals surface area contributed by atoms with Crippen LogP contribution >= 0.6 is 24.8 Å². The molecule has 32 valence electrons. The van der Waals surface area contributed by atoms with E-state index >= 15 is 0 Å². The molecule has 0 heterocycles. The third-order valence-electron chi connectivity index (χ3n) is 0.848. The second-order valence-corrected chi connectivity index (χ2v) is 2.16. The average Bonchev–Trinajstić information content (AvgIpc) is 1.94. The Hall–Kier alpha value is 0.180. The third kappa shape index (κ3) is 0.408. The molecule has 2 heteroatoms. The van der Waals surface area contributed by atoms with Crippen LogP contribution in [0.15, 0.2) is 4.90 Å². The van der Waals surface area contributed by atoms with Gasteiger partial charge >= 0.3 is 0 Å². The molecule has 0 bridgehead atoms. The number of hydrogen-bond donors (Lipinski definition) is 1. The van der Waals surface area contributed by atoms with Gasteiger partial charge in [-0.05, 0) is 12.5 Å². The van der Waals surface area contributed by atoms with E-state index in [9.17, 15) is 0 Å². The van der Waals surface area contributed by atoms with Crippen LogP contribution in [0.1, 0.15) is 5.56 Å². The molecule has 0 spiro atoms. The maximum atomic E-state index is 4.74. The molecule has 0 aliphatic rings. The van der Waals surface area contributed by atoms with E-state index < -0.39 is 0 Å². The second-order valence-electron chi connectivity index (χ2n) is 1.30. The van der Waals surface area contributed by atoms with Crippen LogP contribution in [0.3, 0.4) is 0 Å². The molecule has 1 aromatic carbocycles. The van der Waals surface area contributed by atoms with Gasteiger partial charge in [0.25, 0.3) is 0 Å². The van der Waals surface area contributed by atoms with E-state index in [1.807, 2.05) is 6.92 Å². The van der Waals surface area contributed by atoms with Gasteiger partial charge in [0, 0.05) is 4.90 Å². The molecule has 0 fully saturated rings. The van der Waals surface area contributed by atoms with Crippen LogP contribution < -0.4 is 0 Å². The van der Waals surface area contributed by atoms with Crippen molar-refractivity contribution in [3.63, 3.8) is 0 Å². The largest absolute Gasteiger partial charge is 0.142 e. The van der Waals surface area contributed by atoms with E-state index in [0.29, 0.717) is 0 Å². The highest BCUT2D eigenvalue weighted by molar-refractivity contribution is 7.81. The Morgan fingerprint density at radius 2 is 1.83 bits per heavy atom. The van der Waals surface area contributed by atoms with Crippen LogP contribution in [-0.2, 0) is 0 Å². The standard InChI is InChI=1S/C4H4S2/c1-2-3(5)4(2)6/h5H,1H3. The van der Waals surface area contributed by atoms with Crippen LogP contribution in [0.2, 0.25) is 0 Å². The zero-order valence-corrected chi connectivity index (χ0v) is 5.07. The van der Waals surface area contributed by atoms with Gasteiger partial charge in [-0.1, -0.05) is 12.2 Å². The van der Waals surface area contributed by atoms with Crippen LogP contribution in [0, 0.1) is 11.4 Å². The monoisotopic (exact) mass is 116 g/mol. The lowest BCUT2D eigenvalue weighted by Gasteiger charge is -1.51. The van der Waals surface area contributed by atoms with Crippen molar-refractivity contribution in [1.82, 2.24) is 0 Å². The van der Waals surface area contributed by atoms with Gasteiger partial charge in [0.15, 0.2) is 0 Å². The fourth-order valence-electron chi connectivity index (χ4n) is 0.246. The zero-order chi connectivity index (χ0) is 4.73. The first kappa shape index (κ1) is 4.34. The Morgan fingerprint density at radius 3 is 1.83 bits per heavy atom. The molecule has 0 saturated heterocycles. The predicted molar refractivity (Wildman–Crippen MR) is 31.6 cm³/mol. The van der Waals surface area contributed by atoms with Crippen molar-refractivity contribution in [2.75, 3.05) is 0 Å². The Labute approximate surface area is 47.3 Å². The highest BCUT2D eigenvalue weighted by Gasteiger charge is 2.05. The summed E-state index contributed by atoms with van der Waals surface area (Å²) in [7, 11) is 0. The van der Waals surface area contributed by atoms with Crippen molar-refractivity contribution in [3.05, 3.63) is 10.1 Å². The van der Waals surface area contributed by atoms with Gasteiger partial charge in [-0.3, -0.25) is 0 Å². The lowest BCUT2D eigenvalue weighted by atomic mass is 10.7. The van der Waals surface area contributed by atoms with Gasteiger partial charge < -0.3 is 0 Å². The highest BCUT2D eigenvalue weighted by atomic mass is 32.1. The molecule has 6 heavy (non-hydrogen) atoms. The first-order valence-corrected chi connectivity index (χ1v) is 2.53. The SMILES string of the molecule is Cc1c(S)c1=S. The van der Waals surface area contributed by atoms with E-state index in [1.54, 1.807) is 0 Å². The molecule has 0 atom stereocenters. The zero-order valence-electron chi connectivity index (χ0n) is 3.36. The van der Waals surface area contributed by atoms with Crippen LogP contribution in [0.4, 0.5) is 0 Å². The van der Waals surface area contributed by atoms with E-state index in [2.05, 4.69) is 12.6 Å². The molecule has 0 unspecified atom stereocenters. The van der Waals surface area contributed by atoms with Crippen molar-refractivity contribution in [3.8, 4) is 0 Å². The smallest absolute Gasteiger partial charge is 0.0554 e. The minimum absolute atomic E-state index is 0.957. The normalized spacial score (nSPS) is 10.3. The van der Waals surface area contributed by atoms with Gasteiger partial charge in [0.05, 0.1) is 4.51 Å². The molecule has 0 aliphatic heterocycles. The number of rotatable bonds is 0. The van der Waals surface area contributed by atoms with Crippen molar-refractivity contribution in [1.29, 1.82) is 0 Å². The molecular formula is C4H4S2. The maximum absolute atomic E-state index is 4.74. The molecule has 0 nitrogen and oxygen atoms in total. The van der Waals surface area contributed by atoms with Gasteiger partial charge in [-0.15, -0.1) is 12.6 Å². The van der Waals surface area contributed by atoms with Crippen molar-refractivity contribution < 1.29 is 0 Å². The molecule has 0 aromatic heterocycles. The van der Waals surface area contributed by atoms with Crippen LogP contribution in [0.25, 0.3) is 0 Å². The van der Waals surface area contributed by atoms with E-state index in [0.717, 1.165) is 9.41 Å². The van der Waals surface area contributed by atoms with E-state index in [-0.39, 0.29) is 0 Å². The topological polar surface area (TPSA) is 0 Å². The quantitative estimate of drug-likeness (QED) is 0.399. The summed E-state index contributed by atoms with van der Waals surface area (Å²) >= 11 is 8.75. The number of hydrogen-bond acceptors (Lipinski definition) is 2. The van der Waals surface area contributed by atoms with Crippen molar-refractivity contribution in [2.45, 2.75) is 11.8 Å². The minimum atomic E-state index is 0.957. The fourth-order valence-corrected chi connectivity index (χ4v) is 0.749. The molecule has 1 aromatic rings. The first-order chi connectivity index (χ1) is 2.73. The molecule has 0 N–H and O–H groups in total. The Balaban J connectivity index is 3.11. The summed E-state index contributed by atoms with van der Waals surface area (Å²) < 4.78 is 0.957. The summed E-state index contributed by atoms with van der Waals surface area (Å²) in [5.74, 6) is 0. The summed E-state index contributed by atoms with van der Waals surface area (Å²) in [5.41, 5.74) is 1.19. The van der Waals surface area contributed by atoms with Gasteiger partial charge in [-0.2, -0.15) is 0 Å². The van der Waals surface area contributed by atoms with Crippen molar-refractivity contribution >= 4 is 24.8 Å². The van der Waals surface area contributed by atoms with Crippen LogP contribution in [0.5, 0.6) is 0 Å². The van der Waals surface area contributed by atoms with E-state index in [4.69, 9.17) is 12.2 Å². The van der Waals surface area contributed by atoms with Crippen LogP contribution in [-0.4, -0.2) is 0 Å². The average molecular weight is 116 g/mol. The van der Waals surface area contributed by atoms with Gasteiger partial charge in [0.1, 0.15) is 0 Å². The summed E-state index contributed by atoms with van der Waals surface area (Å²) in [6, 6.07) is 0. The summed E-state index contributed by atoms with van der Waals surface area (Å²) in [4.78, 5) is 1.02. The van der Waals surface area contributed by atoms with Gasteiger partial charge in [0.2, 0.25) is 0 Å². The lowest BCUT2D eigenvalue weighted by molar-refractivity contribution is 1.60. The maximum Gasteiger partial charge on any atom is 0.0554 e. The number of thiol groups is 1. The molecule has 0 aliphatic carbocycles. The second kappa shape index (κ2) is 1.07. The molecule has 0 saturated carbocycles. The molecule has 0 amide bonds. The minimum Gasteiger partial charge on any atom is -0.142 e. The first-order valence-electron chi connectivity index (χ1n) is 1.68. The summed E-state index contributed by atoms with van der Waals surface area (Å²) in [6.45, 7) is 1.98. The third-order valence-corrected chi connectivity index (χ3v) is 2.07. The predicted octanol–water partition coefficient (Wildman–Crippen LogP) is 1.89.